The molecule has 1 amide bonds. The van der Waals surface area contributed by atoms with E-state index < -0.39 is 0 Å². The van der Waals surface area contributed by atoms with E-state index in [0.717, 1.165) is 5.69 Å². The number of pyridine rings is 1. The third-order valence-electron chi connectivity index (χ3n) is 2.48. The molecule has 2 N–H and O–H groups in total. The highest BCUT2D eigenvalue weighted by Crippen LogP contribution is 2.16. The molecule has 1 heterocycles. The Morgan fingerprint density at radius 2 is 2.15 bits per heavy atom. The number of hydrogen-bond acceptors (Lipinski definition) is 4. The Balaban J connectivity index is 2.52. The fraction of sp³-hybridized carbons (Fsp3) is 0.600. The molecule has 1 aromatic heterocycles. The van der Waals surface area contributed by atoms with Crippen LogP contribution in [0.15, 0.2) is 18.2 Å². The van der Waals surface area contributed by atoms with Gasteiger partial charge in [-0.1, -0.05) is 6.07 Å². The lowest BCUT2D eigenvalue weighted by molar-refractivity contribution is -0.121. The van der Waals surface area contributed by atoms with Crippen molar-refractivity contribution < 1.29 is 14.6 Å². The lowest BCUT2D eigenvalue weighted by Gasteiger charge is -2.20. The second kappa shape index (κ2) is 7.24. The van der Waals surface area contributed by atoms with Crippen molar-refractivity contribution in [3.63, 3.8) is 0 Å². The average Bonchev–Trinajstić information content (AvgIpc) is 2.34. The highest BCUT2D eigenvalue weighted by Gasteiger charge is 2.13. The van der Waals surface area contributed by atoms with Gasteiger partial charge in [0.1, 0.15) is 5.60 Å². The van der Waals surface area contributed by atoms with Gasteiger partial charge in [-0.25, -0.2) is 4.98 Å². The lowest BCUT2D eigenvalue weighted by atomic mass is 10.2. The van der Waals surface area contributed by atoms with E-state index in [1.165, 1.54) is 0 Å². The van der Waals surface area contributed by atoms with E-state index in [9.17, 15) is 4.79 Å². The van der Waals surface area contributed by atoms with Crippen LogP contribution in [0.1, 0.15) is 39.8 Å². The van der Waals surface area contributed by atoms with Crippen molar-refractivity contribution >= 4 is 5.91 Å². The number of nitrogens with zero attached hydrogens (tertiary/aromatic N) is 1. The fourth-order valence-electron chi connectivity index (χ4n) is 1.60. The van der Waals surface area contributed by atoms with Gasteiger partial charge in [0, 0.05) is 24.2 Å². The van der Waals surface area contributed by atoms with Gasteiger partial charge in [0.15, 0.2) is 0 Å². The predicted molar refractivity (Wildman–Crippen MR) is 77.6 cm³/mol. The summed E-state index contributed by atoms with van der Waals surface area (Å²) in [6, 6.07) is 5.34. The number of amides is 1. The molecule has 0 aliphatic carbocycles. The smallest absolute Gasteiger partial charge is 0.220 e. The van der Waals surface area contributed by atoms with E-state index in [2.05, 4.69) is 10.3 Å². The van der Waals surface area contributed by atoms with Crippen molar-refractivity contribution in [2.75, 3.05) is 6.61 Å². The number of nitrogens with one attached hydrogen (secondary N) is 1. The molecule has 1 unspecified atom stereocenters. The standard InChI is InChI=1S/C15H24N2O3/c1-11(10-18)16-13(19)9-8-12-6-5-7-14(17-12)20-15(2,3)4/h5-7,11,18H,8-10H2,1-4H3,(H,16,19). The SMILES string of the molecule is CC(CO)NC(=O)CCc1cccc(OC(C)(C)C)n1. The van der Waals surface area contributed by atoms with Crippen LogP contribution in [0, 0.1) is 0 Å². The van der Waals surface area contributed by atoms with Crippen LogP contribution in [-0.2, 0) is 11.2 Å². The first kappa shape index (κ1) is 16.4. The molecule has 0 saturated carbocycles. The topological polar surface area (TPSA) is 71.5 Å². The highest BCUT2D eigenvalue weighted by atomic mass is 16.5. The van der Waals surface area contributed by atoms with Gasteiger partial charge in [0.05, 0.1) is 6.61 Å². The van der Waals surface area contributed by atoms with Crippen molar-refractivity contribution in [3.8, 4) is 5.88 Å². The van der Waals surface area contributed by atoms with E-state index in [1.54, 1.807) is 6.92 Å². The highest BCUT2D eigenvalue weighted by molar-refractivity contribution is 5.76. The Morgan fingerprint density at radius 1 is 1.45 bits per heavy atom. The number of carbonyl (C=O) groups is 1. The number of hydrogen-bond donors (Lipinski definition) is 2. The van der Waals surface area contributed by atoms with Crippen LogP contribution in [0.4, 0.5) is 0 Å². The molecular formula is C15H24N2O3. The van der Waals surface area contributed by atoms with Crippen molar-refractivity contribution in [2.24, 2.45) is 0 Å². The maximum Gasteiger partial charge on any atom is 0.220 e. The monoisotopic (exact) mass is 280 g/mol. The second-order valence-electron chi connectivity index (χ2n) is 5.83. The molecule has 0 bridgehead atoms. The number of carbonyl (C=O) groups excluding carboxylic acids is 1. The quantitative estimate of drug-likeness (QED) is 0.832. The molecule has 1 aromatic rings. The van der Waals surface area contributed by atoms with Gasteiger partial charge in [0.2, 0.25) is 11.8 Å². The molecule has 1 rings (SSSR count). The van der Waals surface area contributed by atoms with Gasteiger partial charge in [-0.05, 0) is 40.2 Å². The Kier molecular flexibility index (Phi) is 5.95. The van der Waals surface area contributed by atoms with E-state index >= 15 is 0 Å². The van der Waals surface area contributed by atoms with Crippen LogP contribution in [0.25, 0.3) is 0 Å². The van der Waals surface area contributed by atoms with Crippen LogP contribution in [0.3, 0.4) is 0 Å². The van der Waals surface area contributed by atoms with Gasteiger partial charge in [0.25, 0.3) is 0 Å². The number of aliphatic hydroxyl groups excluding tert-OH is 1. The number of rotatable bonds is 6. The first-order valence-corrected chi connectivity index (χ1v) is 6.85. The molecule has 0 aromatic carbocycles. The predicted octanol–water partition coefficient (Wildman–Crippen LogP) is 1.69. The summed E-state index contributed by atoms with van der Waals surface area (Å²) >= 11 is 0. The summed E-state index contributed by atoms with van der Waals surface area (Å²) in [7, 11) is 0. The van der Waals surface area contributed by atoms with Crippen LogP contribution in [0.5, 0.6) is 5.88 Å². The van der Waals surface area contributed by atoms with E-state index in [-0.39, 0.29) is 24.2 Å². The molecule has 0 spiro atoms. The number of aliphatic hydroxyl groups is 1. The van der Waals surface area contributed by atoms with Gasteiger partial charge in [-0.2, -0.15) is 0 Å². The molecule has 0 radical (unpaired) electrons. The van der Waals surface area contributed by atoms with Crippen LogP contribution in [0.2, 0.25) is 0 Å². The zero-order valence-corrected chi connectivity index (χ0v) is 12.6. The van der Waals surface area contributed by atoms with E-state index in [0.29, 0.717) is 18.7 Å². The summed E-state index contributed by atoms with van der Waals surface area (Å²) in [6.07, 6.45) is 0.891. The van der Waals surface area contributed by atoms with Crippen molar-refractivity contribution in [1.82, 2.24) is 10.3 Å². The summed E-state index contributed by atoms with van der Waals surface area (Å²) in [4.78, 5) is 16.0. The summed E-state index contributed by atoms with van der Waals surface area (Å²) in [6.45, 7) is 7.59. The summed E-state index contributed by atoms with van der Waals surface area (Å²) in [5.74, 6) is 0.481. The minimum atomic E-state index is -0.292. The van der Waals surface area contributed by atoms with Crippen molar-refractivity contribution in [3.05, 3.63) is 23.9 Å². The number of aromatic nitrogens is 1. The molecule has 0 aliphatic heterocycles. The first-order chi connectivity index (χ1) is 9.30. The van der Waals surface area contributed by atoms with Crippen LogP contribution in [-0.4, -0.2) is 34.2 Å². The minimum absolute atomic E-state index is 0.0566. The maximum atomic E-state index is 11.6. The third kappa shape index (κ3) is 6.52. The molecule has 1 atom stereocenters. The fourth-order valence-corrected chi connectivity index (χ4v) is 1.60. The zero-order chi connectivity index (χ0) is 15.2. The third-order valence-corrected chi connectivity index (χ3v) is 2.48. The molecule has 0 aliphatic rings. The van der Waals surface area contributed by atoms with E-state index in [1.807, 2.05) is 39.0 Å². The van der Waals surface area contributed by atoms with Crippen molar-refractivity contribution in [1.29, 1.82) is 0 Å². The van der Waals surface area contributed by atoms with Gasteiger partial charge in [-0.3, -0.25) is 4.79 Å². The molecule has 112 valence electrons. The molecule has 5 heteroatoms. The zero-order valence-electron chi connectivity index (χ0n) is 12.6. The lowest BCUT2D eigenvalue weighted by Crippen LogP contribution is -2.35. The Hall–Kier alpha value is -1.62. The van der Waals surface area contributed by atoms with Gasteiger partial charge in [-0.15, -0.1) is 0 Å². The second-order valence-corrected chi connectivity index (χ2v) is 5.83. The van der Waals surface area contributed by atoms with Gasteiger partial charge < -0.3 is 15.2 Å². The molecule has 20 heavy (non-hydrogen) atoms. The maximum absolute atomic E-state index is 11.6. The Morgan fingerprint density at radius 3 is 2.75 bits per heavy atom. The number of aryl methyl sites for hydroxylation is 1. The normalized spacial score (nSPS) is 12.8. The summed E-state index contributed by atoms with van der Waals surface area (Å²) in [5, 5.41) is 11.6. The van der Waals surface area contributed by atoms with Crippen LogP contribution < -0.4 is 10.1 Å². The molecular weight excluding hydrogens is 256 g/mol. The van der Waals surface area contributed by atoms with Crippen LogP contribution >= 0.6 is 0 Å². The van der Waals surface area contributed by atoms with Gasteiger partial charge >= 0.3 is 0 Å². The summed E-state index contributed by atoms with van der Waals surface area (Å²) < 4.78 is 5.69. The molecule has 5 nitrogen and oxygen atoms in total. The number of ether oxygens (including phenoxy) is 1. The first-order valence-electron chi connectivity index (χ1n) is 6.85. The molecule has 0 fully saturated rings. The molecule has 0 saturated heterocycles. The van der Waals surface area contributed by atoms with Crippen molar-refractivity contribution in [2.45, 2.75) is 52.2 Å². The Bertz CT molecular complexity index is 441. The largest absolute Gasteiger partial charge is 0.472 e. The minimum Gasteiger partial charge on any atom is -0.472 e. The average molecular weight is 280 g/mol. The Labute approximate surface area is 120 Å². The summed E-state index contributed by atoms with van der Waals surface area (Å²) in [5.41, 5.74) is 0.526. The van der Waals surface area contributed by atoms with E-state index in [4.69, 9.17) is 9.84 Å².